The van der Waals surface area contributed by atoms with E-state index in [0.717, 1.165) is 0 Å². The van der Waals surface area contributed by atoms with Gasteiger partial charge < -0.3 is 4.43 Å². The lowest BCUT2D eigenvalue weighted by molar-refractivity contribution is 0.193. The van der Waals surface area contributed by atoms with Gasteiger partial charge in [0.2, 0.25) is 8.32 Å². The average molecular weight is 263 g/mol. The monoisotopic (exact) mass is 262 g/mol. The van der Waals surface area contributed by atoms with Crippen LogP contribution < -0.4 is 0 Å². The first-order chi connectivity index (χ1) is 7.16. The van der Waals surface area contributed by atoms with Crippen molar-refractivity contribution in [2.45, 2.75) is 83.4 Å². The van der Waals surface area contributed by atoms with Gasteiger partial charge in [-0.1, -0.05) is 48.5 Å². The summed E-state index contributed by atoms with van der Waals surface area (Å²) in [6.45, 7) is 18.2. The first-order valence-corrected chi connectivity index (χ1v) is 9.17. The maximum Gasteiger partial charge on any atom is 0.200 e. The quantitative estimate of drug-likeness (QED) is 0.530. The minimum atomic E-state index is -1.70. The molecule has 0 radical (unpaired) electrons. The minimum absolute atomic E-state index is 0.252. The van der Waals surface area contributed by atoms with Crippen LogP contribution in [-0.2, 0) is 4.43 Å². The molecule has 16 heavy (non-hydrogen) atoms. The van der Waals surface area contributed by atoms with Gasteiger partial charge in [-0.2, -0.15) is 12.6 Å². The van der Waals surface area contributed by atoms with E-state index in [1.807, 2.05) is 0 Å². The molecule has 0 N–H and O–H groups in total. The molecule has 0 aliphatic heterocycles. The summed E-state index contributed by atoms with van der Waals surface area (Å²) in [7, 11) is -1.70. The van der Waals surface area contributed by atoms with Crippen molar-refractivity contribution in [3.05, 3.63) is 0 Å². The largest absolute Gasteiger partial charge is 0.412 e. The molecule has 0 saturated carbocycles. The lowest BCUT2D eigenvalue weighted by atomic mass is 10.3. The predicted octanol–water partition coefficient (Wildman–Crippen LogP) is 4.89. The van der Waals surface area contributed by atoms with Crippen LogP contribution in [0.3, 0.4) is 0 Å². The highest BCUT2D eigenvalue weighted by atomic mass is 32.1. The van der Waals surface area contributed by atoms with Gasteiger partial charge in [-0.25, -0.2) is 0 Å². The Balaban J connectivity index is 5.05. The van der Waals surface area contributed by atoms with E-state index in [2.05, 4.69) is 68.0 Å². The fraction of sp³-hybridized carbons (Fsp3) is 1.00. The van der Waals surface area contributed by atoms with Gasteiger partial charge in [0.1, 0.15) is 0 Å². The fourth-order valence-electron chi connectivity index (χ4n) is 2.83. The van der Waals surface area contributed by atoms with Crippen LogP contribution in [-0.4, -0.2) is 19.7 Å². The molecule has 0 heterocycles. The van der Waals surface area contributed by atoms with Crippen LogP contribution >= 0.6 is 12.6 Å². The summed E-state index contributed by atoms with van der Waals surface area (Å²) < 4.78 is 6.55. The molecule has 98 valence electrons. The zero-order valence-corrected chi connectivity index (χ0v) is 14.1. The average Bonchev–Trinajstić information content (AvgIpc) is 2.11. The van der Waals surface area contributed by atoms with Crippen molar-refractivity contribution in [1.82, 2.24) is 0 Å². The Morgan fingerprint density at radius 1 is 0.750 bits per heavy atom. The van der Waals surface area contributed by atoms with Crippen molar-refractivity contribution >= 4 is 20.9 Å². The Morgan fingerprint density at radius 2 is 1.06 bits per heavy atom. The van der Waals surface area contributed by atoms with E-state index in [1.54, 1.807) is 0 Å². The van der Waals surface area contributed by atoms with Gasteiger partial charge in [0, 0.05) is 5.25 Å². The molecule has 0 aromatic heterocycles. The highest BCUT2D eigenvalue weighted by Gasteiger charge is 2.46. The van der Waals surface area contributed by atoms with Crippen LogP contribution in [0, 0.1) is 0 Å². The van der Waals surface area contributed by atoms with Crippen LogP contribution in [0.4, 0.5) is 0 Å². The second-order valence-electron chi connectivity index (χ2n) is 5.88. The molecule has 1 nitrogen and oxygen atoms in total. The van der Waals surface area contributed by atoms with E-state index < -0.39 is 8.32 Å². The smallest absolute Gasteiger partial charge is 0.200 e. The number of hydrogen-bond donors (Lipinski definition) is 1. The van der Waals surface area contributed by atoms with Crippen LogP contribution in [0.15, 0.2) is 0 Å². The molecule has 0 saturated heterocycles. The summed E-state index contributed by atoms with van der Waals surface area (Å²) in [5.74, 6) is 0. The maximum atomic E-state index is 6.55. The third-order valence-electron chi connectivity index (χ3n) is 3.78. The molecule has 0 aliphatic rings. The molecule has 0 amide bonds. The van der Waals surface area contributed by atoms with Crippen LogP contribution in [0.5, 0.6) is 0 Å². The van der Waals surface area contributed by atoms with E-state index in [-0.39, 0.29) is 6.10 Å². The van der Waals surface area contributed by atoms with Crippen molar-refractivity contribution in [3.8, 4) is 0 Å². The van der Waals surface area contributed by atoms with Crippen LogP contribution in [0.25, 0.3) is 0 Å². The summed E-state index contributed by atoms with van der Waals surface area (Å²) in [6, 6.07) is 0. The molecule has 0 spiro atoms. The van der Waals surface area contributed by atoms with Gasteiger partial charge in [-0.05, 0) is 23.5 Å². The standard InChI is InChI=1S/C13H30OSSi/c1-9(2)16(10(3)4,11(5)6)14-12(7)13(8)15/h9-13,15H,1-8H3/t12-,13-/m0/s1. The molecular formula is C13H30OSSi. The summed E-state index contributed by atoms with van der Waals surface area (Å²) in [5.41, 5.74) is 1.96. The lowest BCUT2D eigenvalue weighted by Crippen LogP contribution is -2.50. The zero-order valence-electron chi connectivity index (χ0n) is 12.2. The molecule has 0 aromatic carbocycles. The third-order valence-corrected chi connectivity index (χ3v) is 10.4. The SMILES string of the molecule is CC(C)[Si](O[C@@H](C)[C@H](C)S)(C(C)C)C(C)C. The van der Waals surface area contributed by atoms with Crippen molar-refractivity contribution < 1.29 is 4.43 Å². The molecule has 0 aromatic rings. The van der Waals surface area contributed by atoms with Crippen molar-refractivity contribution in [1.29, 1.82) is 0 Å². The van der Waals surface area contributed by atoms with E-state index in [1.165, 1.54) is 0 Å². The van der Waals surface area contributed by atoms with Crippen molar-refractivity contribution in [3.63, 3.8) is 0 Å². The summed E-state index contributed by atoms with van der Waals surface area (Å²) >= 11 is 4.51. The van der Waals surface area contributed by atoms with Gasteiger partial charge in [-0.3, -0.25) is 0 Å². The molecule has 0 aliphatic carbocycles. The Hall–Kier alpha value is 0.527. The maximum absolute atomic E-state index is 6.55. The van der Waals surface area contributed by atoms with Gasteiger partial charge in [-0.15, -0.1) is 0 Å². The van der Waals surface area contributed by atoms with Gasteiger partial charge >= 0.3 is 0 Å². The first kappa shape index (κ1) is 16.5. The van der Waals surface area contributed by atoms with Gasteiger partial charge in [0.05, 0.1) is 6.10 Å². The normalized spacial score (nSPS) is 17.2. The van der Waals surface area contributed by atoms with Crippen molar-refractivity contribution in [2.24, 2.45) is 0 Å². The van der Waals surface area contributed by atoms with Crippen molar-refractivity contribution in [2.75, 3.05) is 0 Å². The topological polar surface area (TPSA) is 9.23 Å². The molecule has 0 bridgehead atoms. The van der Waals surface area contributed by atoms with E-state index in [0.29, 0.717) is 21.9 Å². The minimum Gasteiger partial charge on any atom is -0.412 e. The molecule has 2 atom stereocenters. The molecule has 3 heteroatoms. The lowest BCUT2D eigenvalue weighted by Gasteiger charge is -2.44. The zero-order chi connectivity index (χ0) is 13.1. The van der Waals surface area contributed by atoms with E-state index >= 15 is 0 Å². The second kappa shape index (κ2) is 6.46. The molecular weight excluding hydrogens is 232 g/mol. The Morgan fingerprint density at radius 3 is 1.25 bits per heavy atom. The first-order valence-electron chi connectivity index (χ1n) is 6.52. The third kappa shape index (κ3) is 3.51. The molecule has 0 unspecified atom stereocenters. The van der Waals surface area contributed by atoms with Gasteiger partial charge in [0.15, 0.2) is 0 Å². The van der Waals surface area contributed by atoms with Crippen LogP contribution in [0.1, 0.15) is 55.4 Å². The summed E-state index contributed by atoms with van der Waals surface area (Å²) in [6.07, 6.45) is 0.252. The number of thiol groups is 1. The Labute approximate surface area is 109 Å². The second-order valence-corrected chi connectivity index (χ2v) is 12.1. The van der Waals surface area contributed by atoms with Gasteiger partial charge in [0.25, 0.3) is 0 Å². The molecule has 0 fully saturated rings. The molecule has 0 rings (SSSR count). The van der Waals surface area contributed by atoms with E-state index in [9.17, 15) is 0 Å². The number of hydrogen-bond acceptors (Lipinski definition) is 2. The summed E-state index contributed by atoms with van der Waals surface area (Å²) in [4.78, 5) is 0. The predicted molar refractivity (Wildman–Crippen MR) is 80.0 cm³/mol. The number of rotatable bonds is 6. The van der Waals surface area contributed by atoms with Crippen LogP contribution in [0.2, 0.25) is 16.6 Å². The van der Waals surface area contributed by atoms with E-state index in [4.69, 9.17) is 4.43 Å². The Kier molecular flexibility index (Phi) is 6.67. The highest BCUT2D eigenvalue weighted by Crippen LogP contribution is 2.43. The highest BCUT2D eigenvalue weighted by molar-refractivity contribution is 7.81. The summed E-state index contributed by atoms with van der Waals surface area (Å²) in [5, 5.41) is 0.308. The Bertz CT molecular complexity index is 180. The fourth-order valence-corrected chi connectivity index (χ4v) is 8.67.